The molecule has 0 aliphatic carbocycles. The number of hydrogen-bond donors (Lipinski definition) is 1. The Bertz CT molecular complexity index is 644. The van der Waals surface area contributed by atoms with Crippen LogP contribution in [0.1, 0.15) is 48.5 Å². The molecule has 2 heterocycles. The van der Waals surface area contributed by atoms with Crippen LogP contribution in [-0.4, -0.2) is 54.5 Å². The van der Waals surface area contributed by atoms with Gasteiger partial charge in [-0.3, -0.25) is 14.5 Å². The first kappa shape index (κ1) is 22.3. The second-order valence-electron chi connectivity index (χ2n) is 9.97. The third-order valence-corrected chi connectivity index (χ3v) is 11.2. The van der Waals surface area contributed by atoms with Crippen molar-refractivity contribution in [2.45, 2.75) is 84.3 Å². The van der Waals surface area contributed by atoms with Crippen LogP contribution in [-0.2, 0) is 18.8 Å². The second kappa shape index (κ2) is 7.11. The molecule has 154 valence electrons. The first-order chi connectivity index (χ1) is 12.1. The maximum atomic E-state index is 13.1. The Kier molecular flexibility index (Phi) is 5.88. The maximum Gasteiger partial charge on any atom is 0.266 e. The van der Waals surface area contributed by atoms with E-state index in [0.29, 0.717) is 6.61 Å². The predicted molar refractivity (Wildman–Crippen MR) is 112 cm³/mol. The van der Waals surface area contributed by atoms with Crippen LogP contribution in [0, 0.1) is 11.8 Å². The highest BCUT2D eigenvalue weighted by Crippen LogP contribution is 2.40. The molecule has 0 aromatic heterocycles. The molecule has 0 bridgehead atoms. The summed E-state index contributed by atoms with van der Waals surface area (Å²) in [5.41, 5.74) is -0.477. The van der Waals surface area contributed by atoms with E-state index in [9.17, 15) is 9.59 Å². The monoisotopic (exact) mass is 414 g/mol. The number of hydrogen-bond acceptors (Lipinski definition) is 5. The SMILES string of the molecule is C[C@H](C(=O)N1C(=S)OCC1(C)C)[C@H]1NC(=O)[C@@H]1[C@@H](C)O[Si](C)(C)C(C)(C)C. The average Bonchev–Trinajstić information content (AvgIpc) is 2.74. The number of nitrogens with zero attached hydrogens (tertiary/aromatic N) is 1. The quantitative estimate of drug-likeness (QED) is 0.425. The van der Waals surface area contributed by atoms with Gasteiger partial charge >= 0.3 is 0 Å². The fourth-order valence-electron chi connectivity index (χ4n) is 3.43. The standard InChI is InChI=1S/C19H34N2O4SSi/c1-11(16(23)21-17(26)24-10-19(21,6)7)14-13(15(22)20-14)12(2)25-27(8,9)18(3,4)5/h11-14H,10H2,1-9H3,(H,20,22)/t11-,12+,13+,14+/m0/s1. The summed E-state index contributed by atoms with van der Waals surface area (Å²) in [5.74, 6) is -0.905. The maximum absolute atomic E-state index is 13.1. The van der Waals surface area contributed by atoms with Crippen LogP contribution in [0.25, 0.3) is 0 Å². The van der Waals surface area contributed by atoms with E-state index in [1.807, 2.05) is 27.7 Å². The fraction of sp³-hybridized carbons (Fsp3) is 0.842. The van der Waals surface area contributed by atoms with Gasteiger partial charge in [-0.25, -0.2) is 0 Å². The zero-order valence-corrected chi connectivity index (χ0v) is 19.8. The summed E-state index contributed by atoms with van der Waals surface area (Å²) in [4.78, 5) is 27.0. The normalized spacial score (nSPS) is 27.5. The van der Waals surface area contributed by atoms with Crippen LogP contribution < -0.4 is 5.32 Å². The van der Waals surface area contributed by atoms with E-state index in [2.05, 4.69) is 39.2 Å². The Balaban J connectivity index is 2.13. The summed E-state index contributed by atoms with van der Waals surface area (Å²) in [6, 6.07) is -0.260. The molecule has 0 spiro atoms. The van der Waals surface area contributed by atoms with Crippen molar-refractivity contribution in [3.63, 3.8) is 0 Å². The number of carbonyl (C=O) groups is 2. The van der Waals surface area contributed by atoms with Crippen molar-refractivity contribution in [2.24, 2.45) is 11.8 Å². The van der Waals surface area contributed by atoms with Crippen molar-refractivity contribution in [3.8, 4) is 0 Å². The van der Waals surface area contributed by atoms with Crippen LogP contribution in [0.3, 0.4) is 0 Å². The highest BCUT2D eigenvalue weighted by molar-refractivity contribution is 7.80. The van der Waals surface area contributed by atoms with Crippen molar-refractivity contribution in [2.75, 3.05) is 6.61 Å². The lowest BCUT2D eigenvalue weighted by atomic mass is 9.78. The van der Waals surface area contributed by atoms with Crippen molar-refractivity contribution in [1.29, 1.82) is 0 Å². The van der Waals surface area contributed by atoms with E-state index in [1.165, 1.54) is 0 Å². The summed E-state index contributed by atoms with van der Waals surface area (Å²) in [7, 11) is -2.01. The zero-order chi connectivity index (χ0) is 20.9. The molecule has 8 heteroatoms. The molecule has 2 amide bonds. The van der Waals surface area contributed by atoms with Crippen LogP contribution >= 0.6 is 12.2 Å². The van der Waals surface area contributed by atoms with E-state index in [1.54, 1.807) is 4.90 Å². The molecule has 1 N–H and O–H groups in total. The Morgan fingerprint density at radius 2 is 1.93 bits per heavy atom. The topological polar surface area (TPSA) is 67.9 Å². The highest BCUT2D eigenvalue weighted by Gasteiger charge is 2.53. The molecular formula is C19H34N2O4SSi. The van der Waals surface area contributed by atoms with Gasteiger partial charge in [-0.05, 0) is 51.1 Å². The van der Waals surface area contributed by atoms with E-state index in [0.717, 1.165) is 0 Å². The van der Waals surface area contributed by atoms with Gasteiger partial charge in [0.1, 0.15) is 6.61 Å². The lowest BCUT2D eigenvalue weighted by molar-refractivity contribution is -0.147. The van der Waals surface area contributed by atoms with Gasteiger partial charge in [0.25, 0.3) is 5.17 Å². The lowest BCUT2D eigenvalue weighted by Crippen LogP contribution is -2.68. The van der Waals surface area contributed by atoms with Crippen molar-refractivity contribution in [1.82, 2.24) is 10.2 Å². The van der Waals surface area contributed by atoms with Gasteiger partial charge in [0, 0.05) is 0 Å². The molecule has 0 radical (unpaired) electrons. The molecule has 2 aliphatic heterocycles. The van der Waals surface area contributed by atoms with Gasteiger partial charge < -0.3 is 14.5 Å². The van der Waals surface area contributed by atoms with Gasteiger partial charge in [0.05, 0.1) is 29.5 Å². The molecule has 2 rings (SSSR count). The Morgan fingerprint density at radius 1 is 1.37 bits per heavy atom. The van der Waals surface area contributed by atoms with Crippen molar-refractivity contribution in [3.05, 3.63) is 0 Å². The van der Waals surface area contributed by atoms with Gasteiger partial charge in [0.2, 0.25) is 11.8 Å². The minimum Gasteiger partial charge on any atom is -0.468 e. The zero-order valence-electron chi connectivity index (χ0n) is 18.0. The third kappa shape index (κ3) is 4.07. The highest BCUT2D eigenvalue weighted by atomic mass is 32.1. The molecule has 0 unspecified atom stereocenters. The number of rotatable bonds is 5. The fourth-order valence-corrected chi connectivity index (χ4v) is 5.26. The number of thiocarbonyl (C=S) groups is 1. The Morgan fingerprint density at radius 3 is 2.33 bits per heavy atom. The summed E-state index contributed by atoms with van der Waals surface area (Å²) in [5, 5.41) is 3.18. The van der Waals surface area contributed by atoms with E-state index < -0.39 is 19.8 Å². The molecule has 2 fully saturated rings. The number of amides is 2. The van der Waals surface area contributed by atoms with E-state index in [-0.39, 0.29) is 40.1 Å². The Labute approximate surface area is 169 Å². The number of carbonyl (C=O) groups excluding carboxylic acids is 2. The summed E-state index contributed by atoms with van der Waals surface area (Å²) < 4.78 is 11.8. The minimum atomic E-state index is -2.01. The van der Waals surface area contributed by atoms with Gasteiger partial charge in [-0.15, -0.1) is 0 Å². The van der Waals surface area contributed by atoms with Crippen LogP contribution in [0.4, 0.5) is 0 Å². The van der Waals surface area contributed by atoms with Crippen molar-refractivity contribution < 1.29 is 18.8 Å². The van der Waals surface area contributed by atoms with Crippen LogP contribution in [0.5, 0.6) is 0 Å². The third-order valence-electron chi connectivity index (χ3n) is 6.28. The van der Waals surface area contributed by atoms with Crippen LogP contribution in [0.15, 0.2) is 0 Å². The number of ether oxygens (including phenoxy) is 1. The molecule has 0 aromatic carbocycles. The van der Waals surface area contributed by atoms with Gasteiger partial charge in [0.15, 0.2) is 8.32 Å². The molecule has 2 aliphatic rings. The second-order valence-corrected chi connectivity index (χ2v) is 15.1. The largest absolute Gasteiger partial charge is 0.468 e. The first-order valence-corrected chi connectivity index (χ1v) is 12.9. The van der Waals surface area contributed by atoms with E-state index in [4.69, 9.17) is 21.4 Å². The summed E-state index contributed by atoms with van der Waals surface area (Å²) >= 11 is 5.22. The van der Waals surface area contributed by atoms with Crippen molar-refractivity contribution >= 4 is 37.5 Å². The minimum absolute atomic E-state index is 0.0506. The molecule has 27 heavy (non-hydrogen) atoms. The average molecular weight is 415 g/mol. The molecule has 2 saturated heterocycles. The first-order valence-electron chi connectivity index (χ1n) is 9.59. The Hall–Kier alpha value is -0.993. The summed E-state index contributed by atoms with van der Waals surface area (Å²) in [6.07, 6.45) is -0.241. The molecule has 4 atom stereocenters. The predicted octanol–water partition coefficient (Wildman–Crippen LogP) is 3.07. The van der Waals surface area contributed by atoms with Crippen LogP contribution in [0.2, 0.25) is 18.1 Å². The lowest BCUT2D eigenvalue weighted by Gasteiger charge is -2.47. The summed E-state index contributed by atoms with van der Waals surface area (Å²) in [6.45, 7) is 18.9. The number of β-lactam (4-membered cyclic amide) rings is 1. The number of nitrogens with one attached hydrogen (secondary N) is 1. The molecule has 0 aromatic rings. The van der Waals surface area contributed by atoms with E-state index >= 15 is 0 Å². The molecule has 6 nitrogen and oxygen atoms in total. The smallest absolute Gasteiger partial charge is 0.266 e. The van der Waals surface area contributed by atoms with Gasteiger partial charge in [-0.1, -0.05) is 27.7 Å². The van der Waals surface area contributed by atoms with Gasteiger partial charge in [-0.2, -0.15) is 0 Å². The molecule has 0 saturated carbocycles. The molecular weight excluding hydrogens is 380 g/mol.